The monoisotopic (exact) mass is 196 g/mol. The van der Waals surface area contributed by atoms with E-state index in [9.17, 15) is 0 Å². The molecule has 14 heavy (non-hydrogen) atoms. The van der Waals surface area contributed by atoms with Gasteiger partial charge in [0.25, 0.3) is 0 Å². The summed E-state index contributed by atoms with van der Waals surface area (Å²) >= 11 is 0. The van der Waals surface area contributed by atoms with Crippen LogP contribution in [0.15, 0.2) is 0 Å². The Morgan fingerprint density at radius 2 is 2.43 bits per heavy atom. The van der Waals surface area contributed by atoms with Crippen LogP contribution in [-0.2, 0) is 17.7 Å². The van der Waals surface area contributed by atoms with Crippen molar-refractivity contribution >= 4 is 0 Å². The van der Waals surface area contributed by atoms with E-state index in [2.05, 4.69) is 14.8 Å². The van der Waals surface area contributed by atoms with Crippen molar-refractivity contribution in [2.75, 3.05) is 13.7 Å². The number of aromatic nitrogens is 3. The Morgan fingerprint density at radius 3 is 3.21 bits per heavy atom. The van der Waals surface area contributed by atoms with Gasteiger partial charge < -0.3 is 15.0 Å². The van der Waals surface area contributed by atoms with Crippen molar-refractivity contribution < 1.29 is 4.74 Å². The molecule has 0 saturated heterocycles. The molecule has 0 saturated carbocycles. The fraction of sp³-hybridized carbons (Fsp3) is 0.778. The highest BCUT2D eigenvalue weighted by Crippen LogP contribution is 2.21. The van der Waals surface area contributed by atoms with Crippen molar-refractivity contribution in [2.24, 2.45) is 5.73 Å². The molecule has 0 amide bonds. The topological polar surface area (TPSA) is 66.0 Å². The number of methoxy groups -OCH3 is 1. The normalized spacial score (nSPS) is 20.9. The molecule has 2 heterocycles. The number of hydrogen-bond acceptors (Lipinski definition) is 4. The van der Waals surface area contributed by atoms with Gasteiger partial charge in [-0.25, -0.2) is 0 Å². The Labute approximate surface area is 83.3 Å². The van der Waals surface area contributed by atoms with Crippen molar-refractivity contribution in [1.29, 1.82) is 0 Å². The fourth-order valence-corrected chi connectivity index (χ4v) is 1.84. The van der Waals surface area contributed by atoms with Crippen molar-refractivity contribution in [2.45, 2.75) is 31.8 Å². The van der Waals surface area contributed by atoms with Crippen LogP contribution in [0.2, 0.25) is 0 Å². The molecule has 0 aromatic carbocycles. The predicted molar refractivity (Wildman–Crippen MR) is 51.8 cm³/mol. The maximum absolute atomic E-state index is 5.93. The molecule has 0 aliphatic carbocycles. The number of fused-ring (bicyclic) bond motifs is 1. The molecule has 0 radical (unpaired) electrons. The largest absolute Gasteiger partial charge is 0.384 e. The molecule has 5 heteroatoms. The zero-order valence-corrected chi connectivity index (χ0v) is 8.44. The molecular formula is C9H16N4O. The first-order valence-corrected chi connectivity index (χ1v) is 4.99. The van der Waals surface area contributed by atoms with E-state index < -0.39 is 0 Å². The lowest BCUT2D eigenvalue weighted by molar-refractivity contribution is 0.199. The lowest BCUT2D eigenvalue weighted by atomic mass is 10.1. The van der Waals surface area contributed by atoms with E-state index in [1.165, 1.54) is 0 Å². The zero-order chi connectivity index (χ0) is 9.97. The molecule has 2 N–H and O–H groups in total. The van der Waals surface area contributed by atoms with Crippen LogP contribution in [0.3, 0.4) is 0 Å². The molecule has 1 unspecified atom stereocenters. The van der Waals surface area contributed by atoms with Gasteiger partial charge in [0.1, 0.15) is 11.6 Å². The maximum atomic E-state index is 5.93. The van der Waals surface area contributed by atoms with Gasteiger partial charge in [0.2, 0.25) is 0 Å². The van der Waals surface area contributed by atoms with Gasteiger partial charge >= 0.3 is 0 Å². The summed E-state index contributed by atoms with van der Waals surface area (Å²) in [5.74, 6) is 1.93. The molecular weight excluding hydrogens is 180 g/mol. The van der Waals surface area contributed by atoms with Gasteiger partial charge in [0.05, 0.1) is 12.6 Å². The third-order valence-corrected chi connectivity index (χ3v) is 2.61. The van der Waals surface area contributed by atoms with Crippen LogP contribution in [0.25, 0.3) is 0 Å². The van der Waals surface area contributed by atoms with E-state index in [1.807, 2.05) is 0 Å². The Bertz CT molecular complexity index is 310. The van der Waals surface area contributed by atoms with Crippen LogP contribution >= 0.6 is 0 Å². The minimum atomic E-state index is 0.0625. The molecule has 1 aliphatic rings. The first-order valence-electron chi connectivity index (χ1n) is 4.99. The minimum absolute atomic E-state index is 0.0625. The highest BCUT2D eigenvalue weighted by molar-refractivity contribution is 5.03. The van der Waals surface area contributed by atoms with Gasteiger partial charge in [0.15, 0.2) is 0 Å². The summed E-state index contributed by atoms with van der Waals surface area (Å²) in [6.45, 7) is 1.68. The van der Waals surface area contributed by atoms with Crippen LogP contribution in [0, 0.1) is 0 Å². The second-order valence-corrected chi connectivity index (χ2v) is 3.62. The highest BCUT2D eigenvalue weighted by Gasteiger charge is 2.21. The smallest absolute Gasteiger partial charge is 0.149 e. The SMILES string of the molecule is COCCc1nnc2n1CCCC2N. The molecule has 1 atom stereocenters. The van der Waals surface area contributed by atoms with Crippen LogP contribution in [0.1, 0.15) is 30.5 Å². The van der Waals surface area contributed by atoms with Gasteiger partial charge in [-0.15, -0.1) is 10.2 Å². The van der Waals surface area contributed by atoms with Gasteiger partial charge in [-0.1, -0.05) is 0 Å². The fourth-order valence-electron chi connectivity index (χ4n) is 1.84. The summed E-state index contributed by atoms with van der Waals surface area (Å²) in [5.41, 5.74) is 5.93. The van der Waals surface area contributed by atoms with Crippen LogP contribution in [0.5, 0.6) is 0 Å². The first kappa shape index (κ1) is 9.61. The third kappa shape index (κ3) is 1.65. The molecule has 0 spiro atoms. The number of rotatable bonds is 3. The Kier molecular flexibility index (Phi) is 2.79. The number of hydrogen-bond donors (Lipinski definition) is 1. The van der Waals surface area contributed by atoms with E-state index in [1.54, 1.807) is 7.11 Å². The zero-order valence-electron chi connectivity index (χ0n) is 8.44. The third-order valence-electron chi connectivity index (χ3n) is 2.61. The molecule has 1 aromatic heterocycles. The van der Waals surface area contributed by atoms with Gasteiger partial charge in [-0.2, -0.15) is 0 Å². The lowest BCUT2D eigenvalue weighted by Gasteiger charge is -2.20. The summed E-state index contributed by atoms with van der Waals surface area (Å²) < 4.78 is 7.15. The maximum Gasteiger partial charge on any atom is 0.149 e. The summed E-state index contributed by atoms with van der Waals surface area (Å²) in [6, 6.07) is 0.0625. The Hall–Kier alpha value is -0.940. The van der Waals surface area contributed by atoms with E-state index in [0.29, 0.717) is 6.61 Å². The second kappa shape index (κ2) is 4.06. The second-order valence-electron chi connectivity index (χ2n) is 3.62. The van der Waals surface area contributed by atoms with Gasteiger partial charge in [-0.3, -0.25) is 0 Å². The number of nitrogens with zero attached hydrogens (tertiary/aromatic N) is 3. The highest BCUT2D eigenvalue weighted by atomic mass is 16.5. The van der Waals surface area contributed by atoms with E-state index >= 15 is 0 Å². The van der Waals surface area contributed by atoms with E-state index in [4.69, 9.17) is 10.5 Å². The Balaban J connectivity index is 2.18. The van der Waals surface area contributed by atoms with Crippen molar-refractivity contribution in [3.05, 3.63) is 11.6 Å². The molecule has 5 nitrogen and oxygen atoms in total. The summed E-state index contributed by atoms with van der Waals surface area (Å²) in [7, 11) is 1.69. The van der Waals surface area contributed by atoms with Crippen LogP contribution in [-0.4, -0.2) is 28.5 Å². The van der Waals surface area contributed by atoms with Crippen LogP contribution in [0.4, 0.5) is 0 Å². The van der Waals surface area contributed by atoms with Gasteiger partial charge in [-0.05, 0) is 12.8 Å². The quantitative estimate of drug-likeness (QED) is 0.753. The minimum Gasteiger partial charge on any atom is -0.384 e. The molecule has 1 aliphatic heterocycles. The average molecular weight is 196 g/mol. The molecule has 2 rings (SSSR count). The van der Waals surface area contributed by atoms with Crippen molar-refractivity contribution in [3.63, 3.8) is 0 Å². The summed E-state index contributed by atoms with van der Waals surface area (Å²) in [6.07, 6.45) is 2.95. The Morgan fingerprint density at radius 1 is 1.57 bits per heavy atom. The predicted octanol–water partition coefficient (Wildman–Crippen LogP) is 0.261. The van der Waals surface area contributed by atoms with Crippen molar-refractivity contribution in [1.82, 2.24) is 14.8 Å². The molecule has 78 valence electrons. The van der Waals surface area contributed by atoms with E-state index in [-0.39, 0.29) is 6.04 Å². The average Bonchev–Trinajstić information content (AvgIpc) is 2.60. The molecule has 0 fully saturated rings. The van der Waals surface area contributed by atoms with Gasteiger partial charge in [0, 0.05) is 20.1 Å². The van der Waals surface area contributed by atoms with Crippen molar-refractivity contribution in [3.8, 4) is 0 Å². The van der Waals surface area contributed by atoms with Crippen LogP contribution < -0.4 is 5.73 Å². The molecule has 0 bridgehead atoms. The standard InChI is InChI=1S/C9H16N4O/c1-14-6-4-8-11-12-9-7(10)3-2-5-13(8)9/h7H,2-6,10H2,1H3. The molecule has 1 aromatic rings. The summed E-state index contributed by atoms with van der Waals surface area (Å²) in [5, 5.41) is 8.26. The number of nitrogens with two attached hydrogens (primary N) is 1. The first-order chi connectivity index (χ1) is 6.83. The lowest BCUT2D eigenvalue weighted by Crippen LogP contribution is -2.23. The summed E-state index contributed by atoms with van der Waals surface area (Å²) in [4.78, 5) is 0. The van der Waals surface area contributed by atoms with E-state index in [0.717, 1.165) is 37.5 Å². The number of ether oxygens (including phenoxy) is 1.